The molecule has 1 atom stereocenters. The standard InChI is InChI=1S/C14H15BrN2O/c15-9-13-3-1-2-8-17(13)14(18)12-6-4-11(10-16)5-7-12/h4-7,13H,1-3,8-9H2. The van der Waals surface area contributed by atoms with E-state index in [0.717, 1.165) is 24.7 Å². The maximum absolute atomic E-state index is 12.4. The fourth-order valence-corrected chi connectivity index (χ4v) is 2.95. The molecule has 3 nitrogen and oxygen atoms in total. The highest BCUT2D eigenvalue weighted by molar-refractivity contribution is 9.09. The van der Waals surface area contributed by atoms with Crippen LogP contribution >= 0.6 is 15.9 Å². The summed E-state index contributed by atoms with van der Waals surface area (Å²) in [4.78, 5) is 14.3. The van der Waals surface area contributed by atoms with Crippen molar-refractivity contribution in [1.82, 2.24) is 4.90 Å². The highest BCUT2D eigenvalue weighted by atomic mass is 79.9. The number of hydrogen-bond acceptors (Lipinski definition) is 2. The highest BCUT2D eigenvalue weighted by Gasteiger charge is 2.26. The second-order valence-electron chi connectivity index (χ2n) is 4.49. The number of rotatable bonds is 2. The number of halogens is 1. The molecule has 0 aliphatic carbocycles. The molecule has 1 aliphatic heterocycles. The molecule has 0 radical (unpaired) electrons. The van der Waals surface area contributed by atoms with Crippen LogP contribution in [0.25, 0.3) is 0 Å². The van der Waals surface area contributed by atoms with Gasteiger partial charge in [-0.3, -0.25) is 4.79 Å². The highest BCUT2D eigenvalue weighted by Crippen LogP contribution is 2.21. The molecule has 1 aromatic rings. The number of piperidine rings is 1. The van der Waals surface area contributed by atoms with Gasteiger partial charge in [0.25, 0.3) is 5.91 Å². The predicted molar refractivity (Wildman–Crippen MR) is 73.6 cm³/mol. The first-order chi connectivity index (χ1) is 8.76. The summed E-state index contributed by atoms with van der Waals surface area (Å²) in [7, 11) is 0. The van der Waals surface area contributed by atoms with Crippen molar-refractivity contribution in [2.75, 3.05) is 11.9 Å². The molecule has 1 heterocycles. The number of benzene rings is 1. The first kappa shape index (κ1) is 13.1. The molecule has 18 heavy (non-hydrogen) atoms. The molecule has 1 fully saturated rings. The van der Waals surface area contributed by atoms with Gasteiger partial charge in [0.15, 0.2) is 0 Å². The van der Waals surface area contributed by atoms with E-state index in [0.29, 0.717) is 17.2 Å². The van der Waals surface area contributed by atoms with Crippen molar-refractivity contribution in [1.29, 1.82) is 5.26 Å². The monoisotopic (exact) mass is 306 g/mol. The summed E-state index contributed by atoms with van der Waals surface area (Å²) in [5, 5.41) is 9.57. The molecule has 0 N–H and O–H groups in total. The molecule has 1 aromatic carbocycles. The summed E-state index contributed by atoms with van der Waals surface area (Å²) in [6.45, 7) is 0.828. The Balaban J connectivity index is 2.16. The predicted octanol–water partition coefficient (Wildman–Crippen LogP) is 2.95. The molecule has 1 saturated heterocycles. The second-order valence-corrected chi connectivity index (χ2v) is 5.14. The van der Waals surface area contributed by atoms with E-state index in [1.807, 2.05) is 4.90 Å². The number of carbonyl (C=O) groups excluding carboxylic acids is 1. The van der Waals surface area contributed by atoms with Crippen LogP contribution < -0.4 is 0 Å². The Hall–Kier alpha value is -1.34. The van der Waals surface area contributed by atoms with Gasteiger partial charge in [0.2, 0.25) is 0 Å². The summed E-state index contributed by atoms with van der Waals surface area (Å²) >= 11 is 3.48. The number of hydrogen-bond donors (Lipinski definition) is 0. The van der Waals surface area contributed by atoms with E-state index in [1.165, 1.54) is 6.42 Å². The maximum Gasteiger partial charge on any atom is 0.254 e. The lowest BCUT2D eigenvalue weighted by molar-refractivity contribution is 0.0642. The minimum atomic E-state index is 0.0728. The normalized spacial score (nSPS) is 19.3. The molecular formula is C14H15BrN2O. The number of alkyl halides is 1. The van der Waals surface area contributed by atoms with Crippen molar-refractivity contribution < 1.29 is 4.79 Å². The van der Waals surface area contributed by atoms with Gasteiger partial charge >= 0.3 is 0 Å². The van der Waals surface area contributed by atoms with Gasteiger partial charge in [0, 0.05) is 23.5 Å². The van der Waals surface area contributed by atoms with Crippen LogP contribution in [0.5, 0.6) is 0 Å². The smallest absolute Gasteiger partial charge is 0.254 e. The fraction of sp³-hybridized carbons (Fsp3) is 0.429. The van der Waals surface area contributed by atoms with Gasteiger partial charge in [-0.15, -0.1) is 0 Å². The zero-order chi connectivity index (χ0) is 13.0. The molecule has 4 heteroatoms. The van der Waals surface area contributed by atoms with Crippen molar-refractivity contribution in [3.63, 3.8) is 0 Å². The molecule has 1 amide bonds. The zero-order valence-electron chi connectivity index (χ0n) is 10.1. The number of amides is 1. The molecule has 0 spiro atoms. The topological polar surface area (TPSA) is 44.1 Å². The maximum atomic E-state index is 12.4. The van der Waals surface area contributed by atoms with Gasteiger partial charge in [-0.25, -0.2) is 0 Å². The number of likely N-dealkylation sites (tertiary alicyclic amines) is 1. The van der Waals surface area contributed by atoms with E-state index in [-0.39, 0.29) is 5.91 Å². The van der Waals surface area contributed by atoms with Crippen LogP contribution in [-0.4, -0.2) is 28.7 Å². The van der Waals surface area contributed by atoms with E-state index in [2.05, 4.69) is 22.0 Å². The molecule has 94 valence electrons. The minimum Gasteiger partial charge on any atom is -0.335 e. The Kier molecular flexibility index (Phi) is 4.38. The third-order valence-electron chi connectivity index (χ3n) is 3.33. The van der Waals surface area contributed by atoms with Crippen molar-refractivity contribution >= 4 is 21.8 Å². The summed E-state index contributed by atoms with van der Waals surface area (Å²) in [6.07, 6.45) is 3.33. The molecule has 0 bridgehead atoms. The quantitative estimate of drug-likeness (QED) is 0.789. The van der Waals surface area contributed by atoms with Gasteiger partial charge in [0.05, 0.1) is 11.6 Å². The average Bonchev–Trinajstić information content (AvgIpc) is 2.46. The van der Waals surface area contributed by atoms with Crippen LogP contribution in [0, 0.1) is 11.3 Å². The first-order valence-electron chi connectivity index (χ1n) is 6.13. The first-order valence-corrected chi connectivity index (χ1v) is 7.25. The van der Waals surface area contributed by atoms with Gasteiger partial charge in [-0.05, 0) is 43.5 Å². The molecule has 2 rings (SSSR count). The van der Waals surface area contributed by atoms with Crippen molar-refractivity contribution in [3.05, 3.63) is 35.4 Å². The van der Waals surface area contributed by atoms with Gasteiger partial charge in [0.1, 0.15) is 0 Å². The summed E-state index contributed by atoms with van der Waals surface area (Å²) in [6, 6.07) is 9.22. The van der Waals surface area contributed by atoms with Crippen LogP contribution in [0.15, 0.2) is 24.3 Å². The van der Waals surface area contributed by atoms with Crippen molar-refractivity contribution in [2.45, 2.75) is 25.3 Å². The van der Waals surface area contributed by atoms with E-state index in [4.69, 9.17) is 5.26 Å². The van der Waals surface area contributed by atoms with Crippen LogP contribution in [0.3, 0.4) is 0 Å². The summed E-state index contributed by atoms with van der Waals surface area (Å²) in [5.74, 6) is 0.0728. The Morgan fingerprint density at radius 1 is 1.39 bits per heavy atom. The Bertz CT molecular complexity index is 464. The van der Waals surface area contributed by atoms with E-state index in [1.54, 1.807) is 24.3 Å². The summed E-state index contributed by atoms with van der Waals surface area (Å²) in [5.41, 5.74) is 1.25. The number of nitriles is 1. The van der Waals surface area contributed by atoms with Crippen LogP contribution in [-0.2, 0) is 0 Å². The Labute approximate surface area is 116 Å². The van der Waals surface area contributed by atoms with Crippen molar-refractivity contribution in [3.8, 4) is 6.07 Å². The zero-order valence-corrected chi connectivity index (χ0v) is 11.7. The third kappa shape index (κ3) is 2.73. The summed E-state index contributed by atoms with van der Waals surface area (Å²) < 4.78 is 0. The number of nitrogens with zero attached hydrogens (tertiary/aromatic N) is 2. The SMILES string of the molecule is N#Cc1ccc(C(=O)N2CCCCC2CBr)cc1. The second kappa shape index (κ2) is 6.01. The molecule has 1 unspecified atom stereocenters. The lowest BCUT2D eigenvalue weighted by Gasteiger charge is -2.34. The third-order valence-corrected chi connectivity index (χ3v) is 4.07. The van der Waals surface area contributed by atoms with Gasteiger partial charge < -0.3 is 4.90 Å². The van der Waals surface area contributed by atoms with E-state index < -0.39 is 0 Å². The molecular weight excluding hydrogens is 292 g/mol. The minimum absolute atomic E-state index is 0.0728. The Morgan fingerprint density at radius 3 is 2.72 bits per heavy atom. The van der Waals surface area contributed by atoms with Gasteiger partial charge in [-0.1, -0.05) is 15.9 Å². The Morgan fingerprint density at radius 2 is 2.11 bits per heavy atom. The van der Waals surface area contributed by atoms with Crippen LogP contribution in [0.1, 0.15) is 35.2 Å². The van der Waals surface area contributed by atoms with Crippen LogP contribution in [0.2, 0.25) is 0 Å². The lowest BCUT2D eigenvalue weighted by Crippen LogP contribution is -2.44. The molecule has 1 aliphatic rings. The van der Waals surface area contributed by atoms with Gasteiger partial charge in [-0.2, -0.15) is 5.26 Å². The fourth-order valence-electron chi connectivity index (χ4n) is 2.28. The lowest BCUT2D eigenvalue weighted by atomic mass is 10.0. The largest absolute Gasteiger partial charge is 0.335 e. The van der Waals surface area contributed by atoms with E-state index >= 15 is 0 Å². The average molecular weight is 307 g/mol. The number of carbonyl (C=O) groups is 1. The van der Waals surface area contributed by atoms with Crippen LogP contribution in [0.4, 0.5) is 0 Å². The molecule has 0 aromatic heterocycles. The van der Waals surface area contributed by atoms with Crippen molar-refractivity contribution in [2.24, 2.45) is 0 Å². The van der Waals surface area contributed by atoms with E-state index in [9.17, 15) is 4.79 Å². The molecule has 0 saturated carbocycles.